The van der Waals surface area contributed by atoms with Crippen molar-refractivity contribution in [3.8, 4) is 0 Å². The van der Waals surface area contributed by atoms with Crippen LogP contribution in [0.25, 0.3) is 11.0 Å². The first kappa shape index (κ1) is 16.9. The van der Waals surface area contributed by atoms with Crippen LogP contribution >= 0.6 is 11.6 Å². The molecule has 3 rings (SSSR count). The minimum atomic E-state index is -0.587. The molecule has 0 saturated carbocycles. The number of amides is 1. The number of carbonyl (C=O) groups excluding carboxylic acids is 1. The van der Waals surface area contributed by atoms with Crippen molar-refractivity contribution in [1.29, 1.82) is 0 Å². The third-order valence-electron chi connectivity index (χ3n) is 3.78. The zero-order chi connectivity index (χ0) is 18.0. The summed E-state index contributed by atoms with van der Waals surface area (Å²) >= 11 is 5.78. The molecule has 0 bridgehead atoms. The van der Waals surface area contributed by atoms with Crippen molar-refractivity contribution in [1.82, 2.24) is 9.55 Å². The van der Waals surface area contributed by atoms with Gasteiger partial charge in [-0.1, -0.05) is 30.7 Å². The van der Waals surface area contributed by atoms with Gasteiger partial charge in [0.25, 0.3) is 5.69 Å². The van der Waals surface area contributed by atoms with Gasteiger partial charge in [-0.25, -0.2) is 4.98 Å². The lowest BCUT2D eigenvalue weighted by Gasteiger charge is -2.09. The summed E-state index contributed by atoms with van der Waals surface area (Å²) in [5, 5.41) is 13.6. The quantitative estimate of drug-likeness (QED) is 0.554. The fourth-order valence-electron chi connectivity index (χ4n) is 2.65. The predicted molar refractivity (Wildman–Crippen MR) is 95.8 cm³/mol. The molecule has 3 aromatic rings. The summed E-state index contributed by atoms with van der Waals surface area (Å²) in [6, 6.07) is 11.7. The molecule has 25 heavy (non-hydrogen) atoms. The maximum Gasteiger partial charge on any atom is 0.289 e. The minimum absolute atomic E-state index is 0.0249. The highest BCUT2D eigenvalue weighted by Crippen LogP contribution is 2.27. The second kappa shape index (κ2) is 6.90. The number of anilines is 1. The first-order valence-corrected chi connectivity index (χ1v) is 8.05. The van der Waals surface area contributed by atoms with Crippen LogP contribution in [0.4, 0.5) is 11.4 Å². The largest absolute Gasteiger partial charge is 0.324 e. The number of fused-ring (bicyclic) bond motifs is 1. The SMILES string of the molecule is CCc1nc2ccccc2n1CC(=O)Nc1ccc(Cl)c([N+](=O)[O-])c1. The van der Waals surface area contributed by atoms with Gasteiger partial charge in [0.05, 0.1) is 16.0 Å². The van der Waals surface area contributed by atoms with Crippen molar-refractivity contribution in [3.63, 3.8) is 0 Å². The molecule has 2 aromatic carbocycles. The number of para-hydroxylation sites is 2. The number of nitro groups is 1. The summed E-state index contributed by atoms with van der Waals surface area (Å²) in [7, 11) is 0. The fourth-order valence-corrected chi connectivity index (χ4v) is 2.83. The van der Waals surface area contributed by atoms with Gasteiger partial charge in [-0.2, -0.15) is 0 Å². The molecule has 0 fully saturated rings. The lowest BCUT2D eigenvalue weighted by Crippen LogP contribution is -2.20. The molecule has 128 valence electrons. The van der Waals surface area contributed by atoms with E-state index in [0.717, 1.165) is 16.9 Å². The Labute approximate surface area is 148 Å². The monoisotopic (exact) mass is 358 g/mol. The van der Waals surface area contributed by atoms with Crippen molar-refractivity contribution < 1.29 is 9.72 Å². The molecule has 0 saturated heterocycles. The molecule has 7 nitrogen and oxygen atoms in total. The third kappa shape index (κ3) is 3.46. The van der Waals surface area contributed by atoms with Crippen molar-refractivity contribution in [2.75, 3.05) is 5.32 Å². The summed E-state index contributed by atoms with van der Waals surface area (Å²) in [5.74, 6) is 0.507. The van der Waals surface area contributed by atoms with Gasteiger partial charge in [0, 0.05) is 18.2 Å². The molecule has 1 aromatic heterocycles. The highest BCUT2D eigenvalue weighted by Gasteiger charge is 2.16. The van der Waals surface area contributed by atoms with Crippen LogP contribution in [0, 0.1) is 10.1 Å². The Morgan fingerprint density at radius 1 is 1.32 bits per heavy atom. The average molecular weight is 359 g/mol. The molecular formula is C17H15ClN4O3. The number of rotatable bonds is 5. The molecule has 0 atom stereocenters. The zero-order valence-electron chi connectivity index (χ0n) is 13.4. The molecule has 0 aliphatic heterocycles. The van der Waals surface area contributed by atoms with Crippen LogP contribution in [0.2, 0.25) is 5.02 Å². The highest BCUT2D eigenvalue weighted by molar-refractivity contribution is 6.32. The van der Waals surface area contributed by atoms with Gasteiger partial charge < -0.3 is 9.88 Å². The Morgan fingerprint density at radius 3 is 2.80 bits per heavy atom. The van der Waals surface area contributed by atoms with Crippen molar-refractivity contribution in [2.24, 2.45) is 0 Å². The van der Waals surface area contributed by atoms with Crippen molar-refractivity contribution in [3.05, 3.63) is 63.4 Å². The standard InChI is InChI=1S/C17H15ClN4O3/c1-2-16-20-13-5-3-4-6-14(13)21(16)10-17(23)19-11-7-8-12(18)15(9-11)22(24)25/h3-9H,2,10H2,1H3,(H,19,23). The van der Waals surface area contributed by atoms with Crippen LogP contribution in [0.1, 0.15) is 12.7 Å². The van der Waals surface area contributed by atoms with E-state index < -0.39 is 4.92 Å². The van der Waals surface area contributed by atoms with Gasteiger partial charge >= 0.3 is 0 Å². The second-order valence-electron chi connectivity index (χ2n) is 5.43. The van der Waals surface area contributed by atoms with Gasteiger partial charge in [-0.3, -0.25) is 14.9 Å². The van der Waals surface area contributed by atoms with E-state index in [2.05, 4.69) is 10.3 Å². The van der Waals surface area contributed by atoms with Gasteiger partial charge in [0.2, 0.25) is 5.91 Å². The van der Waals surface area contributed by atoms with Crippen molar-refractivity contribution in [2.45, 2.75) is 19.9 Å². The number of benzene rings is 2. The number of carbonyl (C=O) groups is 1. The van der Waals surface area contributed by atoms with Crippen LogP contribution in [-0.2, 0) is 17.8 Å². The molecule has 1 N–H and O–H groups in total. The van der Waals surface area contributed by atoms with E-state index in [1.165, 1.54) is 18.2 Å². The topological polar surface area (TPSA) is 90.1 Å². The summed E-state index contributed by atoms with van der Waals surface area (Å²) in [6.07, 6.45) is 0.689. The zero-order valence-corrected chi connectivity index (χ0v) is 14.2. The summed E-state index contributed by atoms with van der Waals surface area (Å²) in [6.45, 7) is 2.04. The van der Waals surface area contributed by atoms with Crippen LogP contribution in [0.15, 0.2) is 42.5 Å². The predicted octanol–water partition coefficient (Wildman–Crippen LogP) is 3.80. The van der Waals surface area contributed by atoms with Gasteiger partial charge in [-0.05, 0) is 24.3 Å². The minimum Gasteiger partial charge on any atom is -0.324 e. The Balaban J connectivity index is 1.84. The van der Waals surface area contributed by atoms with Gasteiger partial charge in [0.15, 0.2) is 0 Å². The second-order valence-corrected chi connectivity index (χ2v) is 5.84. The Hall–Kier alpha value is -2.93. The smallest absolute Gasteiger partial charge is 0.289 e. The van der Waals surface area contributed by atoms with Crippen LogP contribution in [0.3, 0.4) is 0 Å². The average Bonchev–Trinajstić information content (AvgIpc) is 2.94. The Bertz CT molecular complexity index is 968. The lowest BCUT2D eigenvalue weighted by molar-refractivity contribution is -0.384. The maximum absolute atomic E-state index is 12.4. The molecule has 0 unspecified atom stereocenters. The number of nitrogens with one attached hydrogen (secondary N) is 1. The van der Waals surface area contributed by atoms with Crippen LogP contribution in [-0.4, -0.2) is 20.4 Å². The number of imidazole rings is 1. The third-order valence-corrected chi connectivity index (χ3v) is 4.10. The Kier molecular flexibility index (Phi) is 4.67. The molecule has 0 radical (unpaired) electrons. The fraction of sp³-hybridized carbons (Fsp3) is 0.176. The number of hydrogen-bond donors (Lipinski definition) is 1. The molecule has 0 spiro atoms. The number of nitro benzene ring substituents is 1. The van der Waals surface area contributed by atoms with E-state index >= 15 is 0 Å². The van der Waals surface area contributed by atoms with E-state index in [4.69, 9.17) is 11.6 Å². The lowest BCUT2D eigenvalue weighted by atomic mass is 10.2. The maximum atomic E-state index is 12.4. The molecule has 1 amide bonds. The van der Waals surface area contributed by atoms with Crippen molar-refractivity contribution >= 4 is 39.9 Å². The molecule has 0 aliphatic rings. The number of hydrogen-bond acceptors (Lipinski definition) is 4. The Morgan fingerprint density at radius 2 is 2.08 bits per heavy atom. The molecule has 0 aliphatic carbocycles. The molecule has 8 heteroatoms. The number of nitrogens with zero attached hydrogens (tertiary/aromatic N) is 3. The summed E-state index contributed by atoms with van der Waals surface area (Å²) < 4.78 is 1.84. The molecule has 1 heterocycles. The van der Waals surface area contributed by atoms with E-state index in [1.807, 2.05) is 35.8 Å². The number of aryl methyl sites for hydroxylation is 1. The number of aromatic nitrogens is 2. The van der Waals surface area contributed by atoms with E-state index in [1.54, 1.807) is 0 Å². The summed E-state index contributed by atoms with van der Waals surface area (Å²) in [5.41, 5.74) is 1.77. The van der Waals surface area contributed by atoms with E-state index in [9.17, 15) is 14.9 Å². The first-order chi connectivity index (χ1) is 12.0. The highest BCUT2D eigenvalue weighted by atomic mass is 35.5. The number of halogens is 1. The van der Waals surface area contributed by atoms with Crippen LogP contribution < -0.4 is 5.32 Å². The normalized spacial score (nSPS) is 10.8. The molecular weight excluding hydrogens is 344 g/mol. The first-order valence-electron chi connectivity index (χ1n) is 7.67. The summed E-state index contributed by atoms with van der Waals surface area (Å²) in [4.78, 5) is 27.3. The van der Waals surface area contributed by atoms with E-state index in [0.29, 0.717) is 12.1 Å². The van der Waals surface area contributed by atoms with Crippen LogP contribution in [0.5, 0.6) is 0 Å². The van der Waals surface area contributed by atoms with Gasteiger partial charge in [0.1, 0.15) is 17.4 Å². The van der Waals surface area contributed by atoms with E-state index in [-0.39, 0.29) is 23.2 Å². The van der Waals surface area contributed by atoms with Gasteiger partial charge in [-0.15, -0.1) is 0 Å².